The lowest BCUT2D eigenvalue weighted by Crippen LogP contribution is -2.37. The molecule has 8 nitrogen and oxygen atoms in total. The van der Waals surface area contributed by atoms with Crippen LogP contribution in [-0.4, -0.2) is 55.6 Å². The Labute approximate surface area is 153 Å². The summed E-state index contributed by atoms with van der Waals surface area (Å²) in [6.07, 6.45) is 3.47. The topological polar surface area (TPSA) is 93.8 Å². The molecule has 0 saturated carbocycles. The summed E-state index contributed by atoms with van der Waals surface area (Å²) in [5, 5.41) is 10.1. The summed E-state index contributed by atoms with van der Waals surface area (Å²) in [4.78, 5) is 8.26. The molecule has 1 aromatic heterocycles. The molecule has 0 amide bonds. The van der Waals surface area contributed by atoms with Crippen LogP contribution in [0.1, 0.15) is 31.0 Å². The average Bonchev–Trinajstić information content (AvgIpc) is 3.17. The largest absolute Gasteiger partial charge is 0.379 e. The second kappa shape index (κ2) is 11.6. The van der Waals surface area contributed by atoms with Crippen LogP contribution in [0.25, 0.3) is 0 Å². The Morgan fingerprint density at radius 2 is 2.30 bits per heavy atom. The highest BCUT2D eigenvalue weighted by atomic mass is 127. The lowest BCUT2D eigenvalue weighted by atomic mass is 10.2. The predicted octanol–water partition coefficient (Wildman–Crippen LogP) is 1.25. The van der Waals surface area contributed by atoms with Crippen LogP contribution in [0.4, 0.5) is 0 Å². The van der Waals surface area contributed by atoms with Gasteiger partial charge in [-0.3, -0.25) is 4.99 Å². The molecule has 1 aliphatic heterocycles. The number of halogens is 1. The van der Waals surface area contributed by atoms with Crippen LogP contribution in [0.2, 0.25) is 0 Å². The minimum Gasteiger partial charge on any atom is -0.379 e. The number of nitrogens with zero attached hydrogens (tertiary/aromatic N) is 3. The number of aromatic nitrogens is 2. The lowest BCUT2D eigenvalue weighted by Gasteiger charge is -2.12. The van der Waals surface area contributed by atoms with Crippen molar-refractivity contribution in [1.82, 2.24) is 20.8 Å². The number of guanidine groups is 1. The van der Waals surface area contributed by atoms with E-state index in [2.05, 4.69) is 25.8 Å². The fourth-order valence-corrected chi connectivity index (χ4v) is 2.16. The summed E-state index contributed by atoms with van der Waals surface area (Å²) in [5.74, 6) is 1.87. The molecule has 1 aliphatic rings. The van der Waals surface area contributed by atoms with E-state index in [0.29, 0.717) is 43.5 Å². The van der Waals surface area contributed by atoms with Crippen LogP contribution >= 0.6 is 24.0 Å². The van der Waals surface area contributed by atoms with Crippen LogP contribution < -0.4 is 10.6 Å². The van der Waals surface area contributed by atoms with E-state index in [1.165, 1.54) is 0 Å². The van der Waals surface area contributed by atoms with Crippen molar-refractivity contribution in [2.75, 3.05) is 33.4 Å². The Morgan fingerprint density at radius 1 is 1.43 bits per heavy atom. The molecule has 1 atom stereocenters. The molecule has 0 aromatic carbocycles. The predicted molar refractivity (Wildman–Crippen MR) is 97.1 cm³/mol. The second-order valence-corrected chi connectivity index (χ2v) is 5.15. The molecule has 2 rings (SSSR count). The standard InChI is InChI=1S/C14H25N5O3.HI/c1-11-18-13(22-19-11)9-17-14(15-2)16-6-4-7-20-10-12-5-3-8-21-12;/h12H,3-10H2,1-2H3,(H2,15,16,17);1H. The Morgan fingerprint density at radius 3 is 2.96 bits per heavy atom. The molecular formula is C14H26IN5O3. The van der Waals surface area contributed by atoms with Crippen molar-refractivity contribution < 1.29 is 14.0 Å². The lowest BCUT2D eigenvalue weighted by molar-refractivity contribution is 0.0168. The van der Waals surface area contributed by atoms with Crippen molar-refractivity contribution in [2.45, 2.75) is 38.8 Å². The first-order valence-corrected chi connectivity index (χ1v) is 7.71. The minimum atomic E-state index is 0. The Kier molecular flexibility index (Phi) is 10.1. The van der Waals surface area contributed by atoms with Crippen molar-refractivity contribution in [3.63, 3.8) is 0 Å². The van der Waals surface area contributed by atoms with Crippen LogP contribution in [0.3, 0.4) is 0 Å². The van der Waals surface area contributed by atoms with E-state index in [9.17, 15) is 0 Å². The van der Waals surface area contributed by atoms with Gasteiger partial charge in [-0.25, -0.2) is 0 Å². The van der Waals surface area contributed by atoms with E-state index in [4.69, 9.17) is 14.0 Å². The average molecular weight is 439 g/mol. The molecule has 0 bridgehead atoms. The monoisotopic (exact) mass is 439 g/mol. The Balaban J connectivity index is 0.00000264. The van der Waals surface area contributed by atoms with Gasteiger partial charge in [-0.1, -0.05) is 5.16 Å². The summed E-state index contributed by atoms with van der Waals surface area (Å²) in [5.41, 5.74) is 0. The van der Waals surface area contributed by atoms with E-state index in [-0.39, 0.29) is 24.0 Å². The van der Waals surface area contributed by atoms with Gasteiger partial charge >= 0.3 is 0 Å². The fourth-order valence-electron chi connectivity index (χ4n) is 2.16. The van der Waals surface area contributed by atoms with Gasteiger partial charge in [0.05, 0.1) is 19.3 Å². The third-order valence-electron chi connectivity index (χ3n) is 3.29. The van der Waals surface area contributed by atoms with Crippen molar-refractivity contribution >= 4 is 29.9 Å². The summed E-state index contributed by atoms with van der Waals surface area (Å²) in [7, 11) is 1.72. The zero-order chi connectivity index (χ0) is 15.6. The van der Waals surface area contributed by atoms with Gasteiger partial charge in [0.15, 0.2) is 11.8 Å². The van der Waals surface area contributed by atoms with E-state index in [1.807, 2.05) is 0 Å². The SMILES string of the molecule is CN=C(NCCCOCC1CCCO1)NCc1nc(C)no1.I. The van der Waals surface area contributed by atoms with Crippen LogP contribution in [-0.2, 0) is 16.0 Å². The molecule has 9 heteroatoms. The third kappa shape index (κ3) is 7.93. The molecule has 0 spiro atoms. The number of hydrogen-bond acceptors (Lipinski definition) is 6. The molecule has 0 radical (unpaired) electrons. The summed E-state index contributed by atoms with van der Waals surface area (Å²) in [6, 6.07) is 0. The molecule has 1 aromatic rings. The molecule has 2 N–H and O–H groups in total. The van der Waals surface area contributed by atoms with Crippen LogP contribution in [0.15, 0.2) is 9.52 Å². The zero-order valence-electron chi connectivity index (χ0n) is 13.7. The number of hydrogen-bond donors (Lipinski definition) is 2. The minimum absolute atomic E-state index is 0. The van der Waals surface area contributed by atoms with Gasteiger partial charge in [-0.15, -0.1) is 24.0 Å². The van der Waals surface area contributed by atoms with Gasteiger partial charge in [0.1, 0.15) is 0 Å². The number of aryl methyl sites for hydroxylation is 1. The van der Waals surface area contributed by atoms with E-state index in [1.54, 1.807) is 14.0 Å². The normalized spacial score (nSPS) is 17.8. The summed E-state index contributed by atoms with van der Waals surface area (Å²) >= 11 is 0. The summed E-state index contributed by atoms with van der Waals surface area (Å²) in [6.45, 7) is 5.31. The van der Waals surface area contributed by atoms with Crippen molar-refractivity contribution in [3.8, 4) is 0 Å². The first-order chi connectivity index (χ1) is 10.8. The number of ether oxygens (including phenoxy) is 2. The van der Waals surface area contributed by atoms with E-state index < -0.39 is 0 Å². The van der Waals surface area contributed by atoms with Crippen LogP contribution in [0.5, 0.6) is 0 Å². The van der Waals surface area contributed by atoms with Crippen LogP contribution in [0, 0.1) is 6.92 Å². The smallest absolute Gasteiger partial charge is 0.246 e. The van der Waals surface area contributed by atoms with Gasteiger partial charge in [0.2, 0.25) is 5.89 Å². The number of nitrogens with one attached hydrogen (secondary N) is 2. The van der Waals surface area contributed by atoms with Gasteiger partial charge < -0.3 is 24.6 Å². The molecule has 23 heavy (non-hydrogen) atoms. The van der Waals surface area contributed by atoms with Crippen molar-refractivity contribution in [3.05, 3.63) is 11.7 Å². The van der Waals surface area contributed by atoms with Crippen molar-refractivity contribution in [1.29, 1.82) is 0 Å². The number of aliphatic imine (C=N–C) groups is 1. The highest BCUT2D eigenvalue weighted by Gasteiger charge is 2.14. The first-order valence-electron chi connectivity index (χ1n) is 7.71. The second-order valence-electron chi connectivity index (χ2n) is 5.15. The highest BCUT2D eigenvalue weighted by molar-refractivity contribution is 14.0. The molecule has 1 unspecified atom stereocenters. The van der Waals surface area contributed by atoms with Crippen molar-refractivity contribution in [2.24, 2.45) is 4.99 Å². The maximum absolute atomic E-state index is 5.61. The third-order valence-corrected chi connectivity index (χ3v) is 3.29. The number of rotatable bonds is 8. The summed E-state index contributed by atoms with van der Waals surface area (Å²) < 4.78 is 16.1. The molecule has 1 saturated heterocycles. The maximum Gasteiger partial charge on any atom is 0.246 e. The van der Waals surface area contributed by atoms with Gasteiger partial charge in [0, 0.05) is 26.8 Å². The molecule has 0 aliphatic carbocycles. The van der Waals surface area contributed by atoms with Gasteiger partial charge in [-0.05, 0) is 26.2 Å². The van der Waals surface area contributed by atoms with E-state index >= 15 is 0 Å². The Hall–Kier alpha value is -0.940. The quantitative estimate of drug-likeness (QED) is 0.273. The molecule has 132 valence electrons. The molecule has 1 fully saturated rings. The van der Waals surface area contributed by atoms with E-state index in [0.717, 1.165) is 32.4 Å². The molecular weight excluding hydrogens is 413 g/mol. The first kappa shape index (κ1) is 20.1. The fraction of sp³-hybridized carbons (Fsp3) is 0.786. The van der Waals surface area contributed by atoms with Gasteiger partial charge in [0.25, 0.3) is 0 Å². The Bertz CT molecular complexity index is 463. The van der Waals surface area contributed by atoms with Gasteiger partial charge in [-0.2, -0.15) is 4.98 Å². The molecule has 2 heterocycles. The zero-order valence-corrected chi connectivity index (χ0v) is 16.0. The highest BCUT2D eigenvalue weighted by Crippen LogP contribution is 2.11. The maximum atomic E-state index is 5.61.